The van der Waals surface area contributed by atoms with Crippen molar-refractivity contribution < 1.29 is 24.5 Å². The van der Waals surface area contributed by atoms with E-state index in [1.165, 1.54) is 366 Å². The molecular formula is C79H153NO5. The summed E-state index contributed by atoms with van der Waals surface area (Å²) in [7, 11) is 0. The predicted octanol–water partition coefficient (Wildman–Crippen LogP) is 25.7. The van der Waals surface area contributed by atoms with E-state index < -0.39 is 12.1 Å². The van der Waals surface area contributed by atoms with Crippen molar-refractivity contribution in [3.8, 4) is 0 Å². The van der Waals surface area contributed by atoms with Crippen LogP contribution in [0.5, 0.6) is 0 Å². The smallest absolute Gasteiger partial charge is 0.305 e. The molecule has 0 rings (SSSR count). The second-order valence-electron chi connectivity index (χ2n) is 27.0. The summed E-state index contributed by atoms with van der Waals surface area (Å²) in [6.45, 7) is 5.00. The maximum absolute atomic E-state index is 12.5. The number of hydrogen-bond acceptors (Lipinski definition) is 5. The first-order valence-electron chi connectivity index (χ1n) is 39.1. The van der Waals surface area contributed by atoms with E-state index in [1.807, 2.05) is 0 Å². The zero-order valence-electron chi connectivity index (χ0n) is 57.9. The Morgan fingerprint density at radius 3 is 0.894 bits per heavy atom. The Labute approximate surface area is 532 Å². The molecule has 0 aliphatic rings. The molecule has 85 heavy (non-hydrogen) atoms. The van der Waals surface area contributed by atoms with Crippen molar-refractivity contribution in [1.82, 2.24) is 5.32 Å². The average Bonchev–Trinajstić information content (AvgIpc) is 3.53. The Hall–Kier alpha value is -1.66. The van der Waals surface area contributed by atoms with E-state index in [1.54, 1.807) is 0 Å². The summed E-state index contributed by atoms with van der Waals surface area (Å²) in [6, 6.07) is -0.539. The number of unbranched alkanes of at least 4 members (excludes halogenated alkanes) is 59. The lowest BCUT2D eigenvalue weighted by Gasteiger charge is -2.22. The van der Waals surface area contributed by atoms with Gasteiger partial charge in [0.2, 0.25) is 5.91 Å². The van der Waals surface area contributed by atoms with E-state index in [0.717, 1.165) is 44.9 Å². The molecule has 0 fully saturated rings. The summed E-state index contributed by atoms with van der Waals surface area (Å²) in [6.07, 6.45) is 95.6. The SMILES string of the molecule is CCCCCCCCCCCCCCCCCCCC(O)C(CO)NC(=O)CCCCCCCCCCCCCCCCCCC/C=C\C/C=C\CCCCCCCCCCCCCCCCCOC(=O)CCCCCCCCCCCCCC. The highest BCUT2D eigenvalue weighted by molar-refractivity contribution is 5.76. The van der Waals surface area contributed by atoms with Crippen molar-refractivity contribution >= 4 is 11.9 Å². The van der Waals surface area contributed by atoms with Gasteiger partial charge < -0.3 is 20.3 Å². The molecule has 0 aromatic rings. The van der Waals surface area contributed by atoms with Crippen molar-refractivity contribution in [2.45, 2.75) is 456 Å². The first-order valence-corrected chi connectivity index (χ1v) is 39.1. The highest BCUT2D eigenvalue weighted by atomic mass is 16.5. The lowest BCUT2D eigenvalue weighted by molar-refractivity contribution is -0.143. The maximum Gasteiger partial charge on any atom is 0.305 e. The van der Waals surface area contributed by atoms with Gasteiger partial charge in [-0.1, -0.05) is 398 Å². The van der Waals surface area contributed by atoms with Crippen LogP contribution < -0.4 is 5.32 Å². The second kappa shape index (κ2) is 74.8. The van der Waals surface area contributed by atoms with Gasteiger partial charge in [-0.3, -0.25) is 9.59 Å². The Morgan fingerprint density at radius 2 is 0.588 bits per heavy atom. The van der Waals surface area contributed by atoms with E-state index >= 15 is 0 Å². The fourth-order valence-corrected chi connectivity index (χ4v) is 12.6. The quantitative estimate of drug-likeness (QED) is 0.0320. The van der Waals surface area contributed by atoms with Gasteiger partial charge in [0, 0.05) is 12.8 Å². The first-order chi connectivity index (χ1) is 42.0. The Balaban J connectivity index is 3.34. The van der Waals surface area contributed by atoms with Gasteiger partial charge >= 0.3 is 5.97 Å². The lowest BCUT2D eigenvalue weighted by Crippen LogP contribution is -2.45. The van der Waals surface area contributed by atoms with E-state index in [9.17, 15) is 19.8 Å². The van der Waals surface area contributed by atoms with Gasteiger partial charge in [-0.15, -0.1) is 0 Å². The standard InChI is InChI=1S/C79H153NO5/c1-3-5-7-9-11-13-15-17-18-42-45-48-51-55-59-63-67-71-77(82)76(75-81)80-78(83)72-68-64-60-56-52-49-46-43-40-38-36-34-32-30-28-26-24-22-20-19-21-23-25-27-29-31-33-35-37-39-41-44-47-50-54-58-62-66-70-74-85-79(84)73-69-65-61-57-53-16-14-12-10-8-6-4-2/h19-20,23,25,76-77,81-82H,3-18,21-22,24,26-75H2,1-2H3,(H,80,83)/b20-19-,25-23-. The molecule has 0 aromatic carbocycles. The van der Waals surface area contributed by atoms with Gasteiger partial charge in [0.05, 0.1) is 25.4 Å². The van der Waals surface area contributed by atoms with Crippen molar-refractivity contribution in [2.75, 3.05) is 13.2 Å². The zero-order chi connectivity index (χ0) is 61.3. The predicted molar refractivity (Wildman–Crippen MR) is 375 cm³/mol. The third kappa shape index (κ3) is 71.3. The highest BCUT2D eigenvalue weighted by Crippen LogP contribution is 2.20. The van der Waals surface area contributed by atoms with Crippen LogP contribution in [-0.2, 0) is 14.3 Å². The summed E-state index contributed by atoms with van der Waals surface area (Å²) >= 11 is 0. The fraction of sp³-hybridized carbons (Fsp3) is 0.924. The molecule has 0 saturated heterocycles. The van der Waals surface area contributed by atoms with Crippen molar-refractivity contribution in [3.05, 3.63) is 24.3 Å². The molecule has 1 amide bonds. The largest absolute Gasteiger partial charge is 0.466 e. The van der Waals surface area contributed by atoms with Crippen LogP contribution in [0.1, 0.15) is 444 Å². The molecule has 2 unspecified atom stereocenters. The molecule has 6 nitrogen and oxygen atoms in total. The van der Waals surface area contributed by atoms with Crippen LogP contribution >= 0.6 is 0 Å². The molecule has 6 heteroatoms. The fourth-order valence-electron chi connectivity index (χ4n) is 12.6. The number of aliphatic hydroxyl groups is 2. The zero-order valence-corrected chi connectivity index (χ0v) is 57.9. The van der Waals surface area contributed by atoms with E-state index in [2.05, 4.69) is 43.5 Å². The number of allylic oxidation sites excluding steroid dienone is 4. The number of carbonyl (C=O) groups is 2. The van der Waals surface area contributed by atoms with Gasteiger partial charge in [0.1, 0.15) is 0 Å². The van der Waals surface area contributed by atoms with Crippen molar-refractivity contribution in [2.24, 2.45) is 0 Å². The molecule has 0 spiro atoms. The summed E-state index contributed by atoms with van der Waals surface area (Å²) in [5, 5.41) is 23.4. The normalized spacial score (nSPS) is 12.6. The first kappa shape index (κ1) is 83.3. The van der Waals surface area contributed by atoms with Crippen LogP contribution in [0.15, 0.2) is 24.3 Å². The monoisotopic (exact) mass is 1200 g/mol. The molecule has 0 aliphatic carbocycles. The minimum absolute atomic E-state index is 0.0218. The Morgan fingerprint density at radius 1 is 0.329 bits per heavy atom. The van der Waals surface area contributed by atoms with E-state index in [0.29, 0.717) is 25.9 Å². The number of amides is 1. The van der Waals surface area contributed by atoms with Crippen LogP contribution in [0.25, 0.3) is 0 Å². The number of rotatable bonds is 74. The molecule has 0 radical (unpaired) electrons. The van der Waals surface area contributed by atoms with Gasteiger partial charge in [-0.05, 0) is 57.8 Å². The topological polar surface area (TPSA) is 95.9 Å². The van der Waals surface area contributed by atoms with Crippen LogP contribution in [0, 0.1) is 0 Å². The molecule has 3 N–H and O–H groups in total. The van der Waals surface area contributed by atoms with Crippen molar-refractivity contribution in [3.63, 3.8) is 0 Å². The number of nitrogens with one attached hydrogen (secondary N) is 1. The molecule has 504 valence electrons. The average molecular weight is 1200 g/mol. The minimum Gasteiger partial charge on any atom is -0.466 e. The molecule has 0 bridgehead atoms. The van der Waals surface area contributed by atoms with Crippen LogP contribution in [0.4, 0.5) is 0 Å². The number of hydrogen-bond donors (Lipinski definition) is 3. The van der Waals surface area contributed by atoms with Gasteiger partial charge in [-0.25, -0.2) is 0 Å². The third-order valence-corrected chi connectivity index (χ3v) is 18.5. The molecule has 2 atom stereocenters. The Kier molecular flexibility index (Phi) is 73.3. The lowest BCUT2D eigenvalue weighted by atomic mass is 10.0. The van der Waals surface area contributed by atoms with Gasteiger partial charge in [0.15, 0.2) is 0 Å². The third-order valence-electron chi connectivity index (χ3n) is 18.5. The maximum atomic E-state index is 12.5. The summed E-state index contributed by atoms with van der Waals surface area (Å²) in [4.78, 5) is 24.6. The highest BCUT2D eigenvalue weighted by Gasteiger charge is 2.20. The second-order valence-corrected chi connectivity index (χ2v) is 27.0. The van der Waals surface area contributed by atoms with Crippen LogP contribution in [0.3, 0.4) is 0 Å². The molecule has 0 saturated carbocycles. The van der Waals surface area contributed by atoms with Crippen LogP contribution in [-0.4, -0.2) is 47.4 Å². The number of esters is 1. The number of aliphatic hydroxyl groups excluding tert-OH is 2. The molecule has 0 aromatic heterocycles. The Bertz CT molecular complexity index is 1330. The van der Waals surface area contributed by atoms with Crippen molar-refractivity contribution in [1.29, 1.82) is 0 Å². The van der Waals surface area contributed by atoms with E-state index in [-0.39, 0.29) is 18.5 Å². The minimum atomic E-state index is -0.662. The molecule has 0 heterocycles. The number of carbonyl (C=O) groups excluding carboxylic acids is 2. The number of ether oxygens (including phenoxy) is 1. The van der Waals surface area contributed by atoms with Gasteiger partial charge in [-0.2, -0.15) is 0 Å². The van der Waals surface area contributed by atoms with Gasteiger partial charge in [0.25, 0.3) is 0 Å². The summed E-state index contributed by atoms with van der Waals surface area (Å²) in [5.41, 5.74) is 0. The molecule has 0 aliphatic heterocycles. The summed E-state index contributed by atoms with van der Waals surface area (Å²) < 4.78 is 5.49. The van der Waals surface area contributed by atoms with E-state index in [4.69, 9.17) is 4.74 Å². The van der Waals surface area contributed by atoms with Crippen LogP contribution in [0.2, 0.25) is 0 Å². The molecular weight excluding hydrogens is 1040 g/mol. The summed E-state index contributed by atoms with van der Waals surface area (Å²) in [5.74, 6) is -0.00590.